The van der Waals surface area contributed by atoms with Gasteiger partial charge in [-0.2, -0.15) is 0 Å². The molecule has 0 saturated heterocycles. The monoisotopic (exact) mass is 819 g/mol. The molecule has 6 heteroatoms. The third-order valence-corrected chi connectivity index (χ3v) is 14.1. The van der Waals surface area contributed by atoms with E-state index in [-0.39, 0.29) is 20.1 Å². The second-order valence-electron chi connectivity index (χ2n) is 16.4. The molecule has 59 heavy (non-hydrogen) atoms. The summed E-state index contributed by atoms with van der Waals surface area (Å²) in [4.78, 5) is 13.2. The Morgan fingerprint density at radius 2 is 0.712 bits per heavy atom. The molecule has 1 amide bonds. The molecule has 6 aromatic rings. The molecule has 0 bridgehead atoms. The van der Waals surface area contributed by atoms with Crippen molar-refractivity contribution in [1.29, 1.82) is 0 Å². The van der Waals surface area contributed by atoms with Gasteiger partial charge in [-0.3, -0.25) is 4.79 Å². The average Bonchev–Trinajstić information content (AvgIpc) is 3.28. The first-order valence-corrected chi connectivity index (χ1v) is 22.7. The molecule has 6 aromatic carbocycles. The molecule has 0 fully saturated rings. The Bertz CT molecular complexity index is 1920. The van der Waals surface area contributed by atoms with E-state index in [4.69, 9.17) is 0 Å². The van der Waals surface area contributed by atoms with Gasteiger partial charge in [-0.05, 0) is 80.5 Å². The first-order chi connectivity index (χ1) is 28.6. The van der Waals surface area contributed by atoms with E-state index in [0.717, 1.165) is 39.0 Å². The molecule has 0 radical (unpaired) electrons. The van der Waals surface area contributed by atoms with E-state index >= 15 is 0 Å². The molecule has 0 unspecified atom stereocenters. The second-order valence-corrected chi connectivity index (χ2v) is 20.3. The number of carbonyl (C=O) groups is 1. The minimum absolute atomic E-state index is 0.0753. The molecule has 4 nitrogen and oxygen atoms in total. The van der Waals surface area contributed by atoms with Crippen molar-refractivity contribution in [1.82, 2.24) is 16.0 Å². The van der Waals surface area contributed by atoms with Gasteiger partial charge in [0, 0.05) is 42.1 Å². The van der Waals surface area contributed by atoms with Crippen LogP contribution >= 0.6 is 23.5 Å². The van der Waals surface area contributed by atoms with Crippen molar-refractivity contribution in [2.75, 3.05) is 32.7 Å². The van der Waals surface area contributed by atoms with Crippen LogP contribution in [0.4, 0.5) is 0 Å². The summed E-state index contributed by atoms with van der Waals surface area (Å²) in [6.45, 7) is 13.3. The van der Waals surface area contributed by atoms with Crippen molar-refractivity contribution in [3.8, 4) is 0 Å². The topological polar surface area (TPSA) is 53.2 Å². The zero-order valence-electron chi connectivity index (χ0n) is 35.2. The predicted octanol–water partition coefficient (Wildman–Crippen LogP) is 11.5. The number of hydrogen-bond donors (Lipinski definition) is 3. The number of amides is 1. The molecule has 0 heterocycles. The smallest absolute Gasteiger partial charge is 0.220 e. The largest absolute Gasteiger partial charge is 0.355 e. The quantitative estimate of drug-likeness (QED) is 0.0471. The van der Waals surface area contributed by atoms with Gasteiger partial charge in [0.05, 0.1) is 9.49 Å². The van der Waals surface area contributed by atoms with Crippen LogP contribution in [-0.4, -0.2) is 48.1 Å². The summed E-state index contributed by atoms with van der Waals surface area (Å²) in [7, 11) is 0. The number of unbranched alkanes of at least 4 members (excludes halogenated alkanes) is 1. The summed E-state index contributed by atoms with van der Waals surface area (Å²) in [6, 6.07) is 65.0. The molecule has 306 valence electrons. The van der Waals surface area contributed by atoms with Crippen molar-refractivity contribution >= 4 is 29.4 Å². The Kier molecular flexibility index (Phi) is 15.7. The van der Waals surface area contributed by atoms with Gasteiger partial charge >= 0.3 is 0 Å². The van der Waals surface area contributed by atoms with E-state index in [9.17, 15) is 4.79 Å². The number of benzene rings is 6. The normalized spacial score (nSPS) is 12.3. The van der Waals surface area contributed by atoms with Crippen LogP contribution in [0.3, 0.4) is 0 Å². The average molecular weight is 820 g/mol. The highest BCUT2D eigenvalue weighted by Crippen LogP contribution is 2.54. The first-order valence-electron chi connectivity index (χ1n) is 21.1. The Hall–Kier alpha value is -4.59. The summed E-state index contributed by atoms with van der Waals surface area (Å²) < 4.78 is -1.13. The number of thioether (sulfide) groups is 2. The lowest BCUT2D eigenvalue weighted by Gasteiger charge is -2.41. The van der Waals surface area contributed by atoms with Crippen LogP contribution in [-0.2, 0) is 14.3 Å². The molecule has 3 N–H and O–H groups in total. The maximum Gasteiger partial charge on any atom is 0.220 e. The first kappa shape index (κ1) is 44.0. The summed E-state index contributed by atoms with van der Waals surface area (Å²) in [5.74, 6) is 0.113. The molecule has 0 aliphatic carbocycles. The summed E-state index contributed by atoms with van der Waals surface area (Å²) >= 11 is 3.92. The third kappa shape index (κ3) is 11.6. The molecule has 0 aromatic heterocycles. The molecule has 0 atom stereocenters. The summed E-state index contributed by atoms with van der Waals surface area (Å²) in [5.41, 5.74) is 7.52. The SMILES string of the molecule is CC(C)(CNCCNCCCCC(=O)NCC(C)(C)SC(c1ccccc1)(c1ccccc1)c1ccccc1)SC(c1ccccc1)(c1ccccc1)c1ccccc1. The zero-order chi connectivity index (χ0) is 41.4. The molecule has 0 saturated carbocycles. The van der Waals surface area contributed by atoms with Gasteiger partial charge in [-0.1, -0.05) is 182 Å². The Morgan fingerprint density at radius 1 is 0.407 bits per heavy atom. The minimum Gasteiger partial charge on any atom is -0.355 e. The third-order valence-electron chi connectivity index (χ3n) is 10.7. The van der Waals surface area contributed by atoms with E-state index in [0.29, 0.717) is 13.0 Å². The maximum atomic E-state index is 13.2. The summed E-state index contributed by atoms with van der Waals surface area (Å²) in [5, 5.41) is 10.6. The van der Waals surface area contributed by atoms with Gasteiger partial charge in [-0.15, -0.1) is 23.5 Å². The van der Waals surface area contributed by atoms with Crippen molar-refractivity contribution in [3.05, 3.63) is 215 Å². The molecule has 0 spiro atoms. The molecule has 6 rings (SSSR count). The van der Waals surface area contributed by atoms with Crippen LogP contribution in [0.2, 0.25) is 0 Å². The van der Waals surface area contributed by atoms with Crippen molar-refractivity contribution in [2.24, 2.45) is 0 Å². The van der Waals surface area contributed by atoms with E-state index in [2.05, 4.69) is 226 Å². The number of carbonyl (C=O) groups excluding carboxylic acids is 1. The van der Waals surface area contributed by atoms with Crippen LogP contribution in [0.5, 0.6) is 0 Å². The van der Waals surface area contributed by atoms with E-state index in [1.54, 1.807) is 0 Å². The minimum atomic E-state index is -0.440. The van der Waals surface area contributed by atoms with Crippen LogP contribution in [0.25, 0.3) is 0 Å². The number of hydrogen-bond acceptors (Lipinski definition) is 5. The van der Waals surface area contributed by atoms with E-state index in [1.165, 1.54) is 33.4 Å². The Labute approximate surface area is 362 Å². The van der Waals surface area contributed by atoms with Gasteiger partial charge in [0.2, 0.25) is 5.91 Å². The van der Waals surface area contributed by atoms with Crippen molar-refractivity contribution in [3.63, 3.8) is 0 Å². The van der Waals surface area contributed by atoms with Crippen LogP contribution in [0.1, 0.15) is 80.3 Å². The van der Waals surface area contributed by atoms with Crippen LogP contribution in [0, 0.1) is 0 Å². The molecule has 0 aliphatic heterocycles. The van der Waals surface area contributed by atoms with Gasteiger partial charge in [0.15, 0.2) is 0 Å². The van der Waals surface area contributed by atoms with E-state index < -0.39 is 4.75 Å². The zero-order valence-corrected chi connectivity index (χ0v) is 36.8. The fourth-order valence-electron chi connectivity index (χ4n) is 7.92. The highest BCUT2D eigenvalue weighted by molar-refractivity contribution is 8.02. The number of rotatable bonds is 22. The molecular formula is C53H61N3OS2. The maximum absolute atomic E-state index is 13.2. The van der Waals surface area contributed by atoms with Crippen LogP contribution in [0.15, 0.2) is 182 Å². The highest BCUT2D eigenvalue weighted by Gasteiger charge is 2.43. The van der Waals surface area contributed by atoms with Crippen molar-refractivity contribution < 1.29 is 4.79 Å². The standard InChI is InChI=1S/C53H61N3OS2/c1-50(2,58-52(43-25-11-5-12-26-43,44-27-13-6-14-28-44)45-29-15-7-16-30-45)41-55-40-39-54-38-24-23-37-49(57)56-42-51(3,4)59-53(46-31-17-8-18-32-46,47-33-19-9-20-34-47)48-35-21-10-22-36-48/h5-22,25-36,54-55H,23-24,37-42H2,1-4H3,(H,56,57). The van der Waals surface area contributed by atoms with Crippen LogP contribution < -0.4 is 16.0 Å². The predicted molar refractivity (Wildman–Crippen MR) is 254 cm³/mol. The van der Waals surface area contributed by atoms with Crippen molar-refractivity contribution in [2.45, 2.75) is 65.9 Å². The number of nitrogens with one attached hydrogen (secondary N) is 3. The van der Waals surface area contributed by atoms with E-state index in [1.807, 2.05) is 23.5 Å². The van der Waals surface area contributed by atoms with Gasteiger partial charge in [-0.25, -0.2) is 0 Å². The fourth-order valence-corrected chi connectivity index (χ4v) is 11.4. The van der Waals surface area contributed by atoms with Gasteiger partial charge < -0.3 is 16.0 Å². The highest BCUT2D eigenvalue weighted by atomic mass is 32.2. The Morgan fingerprint density at radius 3 is 1.05 bits per heavy atom. The fraction of sp³-hybridized carbons (Fsp3) is 0.302. The van der Waals surface area contributed by atoms with Gasteiger partial charge in [0.25, 0.3) is 0 Å². The second kappa shape index (κ2) is 21.1. The molecule has 0 aliphatic rings. The Balaban J connectivity index is 0.960. The molecular weight excluding hydrogens is 759 g/mol. The lowest BCUT2D eigenvalue weighted by Crippen LogP contribution is -2.41. The lowest BCUT2D eigenvalue weighted by atomic mass is 9.84. The summed E-state index contributed by atoms with van der Waals surface area (Å²) in [6.07, 6.45) is 2.34. The lowest BCUT2D eigenvalue weighted by molar-refractivity contribution is -0.121. The van der Waals surface area contributed by atoms with Gasteiger partial charge in [0.1, 0.15) is 0 Å².